The first kappa shape index (κ1) is 21.9. The van der Waals surface area contributed by atoms with E-state index >= 15 is 0 Å². The fourth-order valence-electron chi connectivity index (χ4n) is 3.43. The summed E-state index contributed by atoms with van der Waals surface area (Å²) in [5, 5.41) is 10.9. The van der Waals surface area contributed by atoms with Crippen molar-refractivity contribution in [3.8, 4) is 0 Å². The molecule has 10 heteroatoms. The summed E-state index contributed by atoms with van der Waals surface area (Å²) < 4.78 is 23.4. The monoisotopic (exact) mass is 434 g/mol. The molecule has 162 valence electrons. The molecule has 0 saturated carbocycles. The number of hydrazone groups is 1. The normalized spacial score (nSPS) is 20.6. The molecule has 0 radical (unpaired) electrons. The highest BCUT2D eigenvalue weighted by atomic mass is 32.2. The van der Waals surface area contributed by atoms with Crippen LogP contribution in [0.15, 0.2) is 29.4 Å². The Balaban J connectivity index is 1.57. The summed E-state index contributed by atoms with van der Waals surface area (Å²) in [4.78, 5) is 36.3. The zero-order valence-electron chi connectivity index (χ0n) is 16.9. The molecular weight excluding hydrogens is 408 g/mol. The van der Waals surface area contributed by atoms with Gasteiger partial charge in [-0.15, -0.1) is 0 Å². The lowest BCUT2D eigenvalue weighted by Gasteiger charge is -2.27. The smallest absolute Gasteiger partial charge is 0.267 e. The van der Waals surface area contributed by atoms with Crippen LogP contribution in [0.4, 0.5) is 5.69 Å². The Morgan fingerprint density at radius 3 is 2.57 bits per heavy atom. The van der Waals surface area contributed by atoms with Gasteiger partial charge in [-0.25, -0.2) is 13.4 Å². The number of benzene rings is 1. The molecule has 3 amide bonds. The molecule has 0 bridgehead atoms. The second-order valence-electron chi connectivity index (χ2n) is 7.52. The number of hydrogen-bond donors (Lipinski definition) is 2. The topological polar surface area (TPSA) is 125 Å². The van der Waals surface area contributed by atoms with E-state index in [0.29, 0.717) is 18.5 Å². The van der Waals surface area contributed by atoms with Crippen molar-refractivity contribution in [2.75, 3.05) is 16.8 Å². The van der Waals surface area contributed by atoms with Crippen molar-refractivity contribution in [1.82, 2.24) is 10.3 Å². The SMILES string of the molecule is CCCC(=O)Nc1ccc(CNC(=O)C2=NN([C@H]3CCS(=O)(=O)C3)C(=O)CC2)cc1. The van der Waals surface area contributed by atoms with Gasteiger partial charge >= 0.3 is 0 Å². The molecule has 1 aromatic carbocycles. The minimum atomic E-state index is -3.16. The number of hydrogen-bond acceptors (Lipinski definition) is 6. The predicted octanol–water partition coefficient (Wildman–Crippen LogP) is 1.21. The van der Waals surface area contributed by atoms with Crippen LogP contribution in [0.2, 0.25) is 0 Å². The second-order valence-corrected chi connectivity index (χ2v) is 9.75. The third kappa shape index (κ3) is 5.65. The summed E-state index contributed by atoms with van der Waals surface area (Å²) in [7, 11) is -3.16. The fourth-order valence-corrected chi connectivity index (χ4v) is 5.12. The highest BCUT2D eigenvalue weighted by molar-refractivity contribution is 7.91. The lowest BCUT2D eigenvalue weighted by Crippen LogP contribution is -2.43. The summed E-state index contributed by atoms with van der Waals surface area (Å²) in [6.07, 6.45) is 1.94. The van der Waals surface area contributed by atoms with Crippen LogP contribution in [0.5, 0.6) is 0 Å². The number of rotatable bonds is 7. The maximum Gasteiger partial charge on any atom is 0.267 e. The second kappa shape index (κ2) is 9.38. The molecule has 1 atom stereocenters. The molecule has 9 nitrogen and oxygen atoms in total. The Kier molecular flexibility index (Phi) is 6.86. The summed E-state index contributed by atoms with van der Waals surface area (Å²) in [5.41, 5.74) is 1.77. The number of carbonyl (C=O) groups excluding carboxylic acids is 3. The standard InChI is InChI=1S/C20H26N4O5S/c1-2-3-18(25)22-15-6-4-14(5-7-15)12-21-20(27)17-8-9-19(26)24(23-17)16-10-11-30(28,29)13-16/h4-7,16H,2-3,8-13H2,1H3,(H,21,27)(H,22,25)/t16-/m0/s1. The minimum Gasteiger partial charge on any atom is -0.347 e. The maximum atomic E-state index is 12.5. The van der Waals surface area contributed by atoms with Gasteiger partial charge in [-0.1, -0.05) is 19.1 Å². The van der Waals surface area contributed by atoms with Crippen molar-refractivity contribution in [1.29, 1.82) is 0 Å². The Morgan fingerprint density at radius 2 is 1.93 bits per heavy atom. The van der Waals surface area contributed by atoms with Crippen LogP contribution in [0.3, 0.4) is 0 Å². The van der Waals surface area contributed by atoms with Crippen LogP contribution in [0.25, 0.3) is 0 Å². The molecule has 3 rings (SSSR count). The van der Waals surface area contributed by atoms with Crippen LogP contribution in [0, 0.1) is 0 Å². The van der Waals surface area contributed by atoms with Gasteiger partial charge in [0.05, 0.1) is 17.5 Å². The molecule has 2 aliphatic heterocycles. The Hall–Kier alpha value is -2.75. The molecule has 2 N–H and O–H groups in total. The Labute approximate surface area is 175 Å². The minimum absolute atomic E-state index is 0.0351. The lowest BCUT2D eigenvalue weighted by molar-refractivity contribution is -0.133. The third-order valence-corrected chi connectivity index (χ3v) is 6.79. The van der Waals surface area contributed by atoms with Crippen LogP contribution in [0.1, 0.15) is 44.6 Å². The number of sulfone groups is 1. The average molecular weight is 435 g/mol. The maximum absolute atomic E-state index is 12.5. The van der Waals surface area contributed by atoms with E-state index in [1.54, 1.807) is 12.1 Å². The lowest BCUT2D eigenvalue weighted by atomic mass is 10.1. The summed E-state index contributed by atoms with van der Waals surface area (Å²) in [6, 6.07) is 6.66. The summed E-state index contributed by atoms with van der Waals surface area (Å²) >= 11 is 0. The van der Waals surface area contributed by atoms with Gasteiger partial charge in [-0.05, 0) is 30.5 Å². The van der Waals surface area contributed by atoms with Gasteiger partial charge < -0.3 is 10.6 Å². The first-order valence-corrected chi connectivity index (χ1v) is 11.9. The van der Waals surface area contributed by atoms with Crippen molar-refractivity contribution in [3.63, 3.8) is 0 Å². The van der Waals surface area contributed by atoms with Crippen LogP contribution in [-0.2, 0) is 30.8 Å². The van der Waals surface area contributed by atoms with E-state index in [-0.39, 0.29) is 54.3 Å². The van der Waals surface area contributed by atoms with Crippen LogP contribution >= 0.6 is 0 Å². The summed E-state index contributed by atoms with van der Waals surface area (Å²) in [6.45, 7) is 2.21. The number of nitrogens with zero attached hydrogens (tertiary/aromatic N) is 2. The van der Waals surface area contributed by atoms with E-state index in [1.165, 1.54) is 5.01 Å². The first-order chi connectivity index (χ1) is 14.3. The molecule has 30 heavy (non-hydrogen) atoms. The van der Waals surface area contributed by atoms with E-state index in [9.17, 15) is 22.8 Å². The number of carbonyl (C=O) groups is 3. The molecule has 1 fully saturated rings. The zero-order valence-corrected chi connectivity index (χ0v) is 17.7. The van der Waals surface area contributed by atoms with Crippen molar-refractivity contribution in [2.24, 2.45) is 5.10 Å². The van der Waals surface area contributed by atoms with Crippen molar-refractivity contribution in [2.45, 2.75) is 51.6 Å². The molecule has 1 saturated heterocycles. The van der Waals surface area contributed by atoms with E-state index < -0.39 is 15.9 Å². The van der Waals surface area contributed by atoms with Gasteiger partial charge in [0.2, 0.25) is 11.8 Å². The van der Waals surface area contributed by atoms with Crippen molar-refractivity contribution < 1.29 is 22.8 Å². The molecular formula is C20H26N4O5S. The van der Waals surface area contributed by atoms with Gasteiger partial charge in [0.25, 0.3) is 5.91 Å². The Bertz CT molecular complexity index is 956. The average Bonchev–Trinajstić information content (AvgIpc) is 3.07. The number of nitrogens with one attached hydrogen (secondary N) is 2. The van der Waals surface area contributed by atoms with E-state index in [2.05, 4.69) is 15.7 Å². The zero-order chi connectivity index (χ0) is 21.7. The third-order valence-electron chi connectivity index (χ3n) is 5.04. The first-order valence-electron chi connectivity index (χ1n) is 10.0. The van der Waals surface area contributed by atoms with Crippen molar-refractivity contribution >= 4 is 39.0 Å². The molecule has 0 unspecified atom stereocenters. The number of anilines is 1. The van der Waals surface area contributed by atoms with Gasteiger partial charge in [0.1, 0.15) is 5.71 Å². The van der Waals surface area contributed by atoms with E-state index in [4.69, 9.17) is 0 Å². The fraction of sp³-hybridized carbons (Fsp3) is 0.500. The van der Waals surface area contributed by atoms with Gasteiger partial charge in [0, 0.05) is 31.5 Å². The quantitative estimate of drug-likeness (QED) is 0.667. The van der Waals surface area contributed by atoms with E-state index in [1.807, 2.05) is 19.1 Å². The summed E-state index contributed by atoms with van der Waals surface area (Å²) in [5.74, 6) is -0.753. The highest BCUT2D eigenvalue weighted by Gasteiger charge is 2.37. The largest absolute Gasteiger partial charge is 0.347 e. The molecule has 2 aliphatic rings. The van der Waals surface area contributed by atoms with Crippen molar-refractivity contribution in [3.05, 3.63) is 29.8 Å². The molecule has 0 spiro atoms. The van der Waals surface area contributed by atoms with Crippen LogP contribution in [-0.4, -0.2) is 54.4 Å². The van der Waals surface area contributed by atoms with Gasteiger partial charge in [-0.3, -0.25) is 14.4 Å². The number of amides is 3. The van der Waals surface area contributed by atoms with Crippen LogP contribution < -0.4 is 10.6 Å². The van der Waals surface area contributed by atoms with E-state index in [0.717, 1.165) is 12.0 Å². The molecule has 2 heterocycles. The van der Waals surface area contributed by atoms with Gasteiger partial charge in [-0.2, -0.15) is 5.10 Å². The highest BCUT2D eigenvalue weighted by Crippen LogP contribution is 2.22. The van der Waals surface area contributed by atoms with Gasteiger partial charge in [0.15, 0.2) is 9.84 Å². The predicted molar refractivity (Wildman–Crippen MR) is 112 cm³/mol. The Morgan fingerprint density at radius 1 is 1.20 bits per heavy atom. The molecule has 0 aliphatic carbocycles. The molecule has 1 aromatic rings. The molecule has 0 aromatic heterocycles.